The molecule has 0 unspecified atom stereocenters. The second-order valence-corrected chi connectivity index (χ2v) is 5.01. The van der Waals surface area contributed by atoms with Crippen LogP contribution in [-0.4, -0.2) is 10.7 Å². The number of H-pyrrole nitrogens is 1. The van der Waals surface area contributed by atoms with Crippen molar-refractivity contribution in [3.8, 4) is 0 Å². The van der Waals surface area contributed by atoms with Gasteiger partial charge in [-0.1, -0.05) is 54.6 Å². The minimum atomic E-state index is 0.709. The van der Waals surface area contributed by atoms with Gasteiger partial charge in [-0.15, -0.1) is 0 Å². The van der Waals surface area contributed by atoms with Gasteiger partial charge in [-0.2, -0.15) is 12.6 Å². The lowest BCUT2D eigenvalue weighted by molar-refractivity contribution is 1.35. The van der Waals surface area contributed by atoms with Crippen LogP contribution in [0.1, 0.15) is 11.3 Å². The van der Waals surface area contributed by atoms with E-state index in [1.807, 2.05) is 18.3 Å². The molecule has 1 aromatic heterocycles. The number of aromatic amines is 1. The molecule has 0 aliphatic rings. The van der Waals surface area contributed by atoms with Crippen molar-refractivity contribution in [2.75, 3.05) is 5.75 Å². The molecule has 0 radical (unpaired) electrons. The molecule has 0 bridgehead atoms. The fourth-order valence-electron chi connectivity index (χ4n) is 1.94. The molecule has 1 N–H and O–H groups in total. The summed E-state index contributed by atoms with van der Waals surface area (Å²) in [6.45, 7) is 5.93. The number of nitrogens with one attached hydrogen (secondary N) is 1. The van der Waals surface area contributed by atoms with E-state index < -0.39 is 0 Å². The molecular weight excluding hydrogens is 262 g/mol. The third kappa shape index (κ3) is 3.78. The maximum absolute atomic E-state index is 4.08. The van der Waals surface area contributed by atoms with E-state index in [-0.39, 0.29) is 0 Å². The first kappa shape index (κ1) is 14.5. The Hall–Kier alpha value is -1.93. The lowest BCUT2D eigenvalue weighted by Crippen LogP contribution is -1.81. The highest BCUT2D eigenvalue weighted by Crippen LogP contribution is 2.14. The van der Waals surface area contributed by atoms with Crippen LogP contribution in [0.15, 0.2) is 67.4 Å². The van der Waals surface area contributed by atoms with Crippen LogP contribution in [0.3, 0.4) is 0 Å². The van der Waals surface area contributed by atoms with Gasteiger partial charge in [0.25, 0.3) is 0 Å². The highest BCUT2D eigenvalue weighted by atomic mass is 32.1. The number of aryl methyl sites for hydroxylation is 1. The van der Waals surface area contributed by atoms with Crippen molar-refractivity contribution in [3.63, 3.8) is 0 Å². The van der Waals surface area contributed by atoms with Gasteiger partial charge < -0.3 is 4.98 Å². The molecular formula is C18H19NS. The Kier molecular flexibility index (Phi) is 5.08. The predicted molar refractivity (Wildman–Crippen MR) is 92.4 cm³/mol. The first-order chi connectivity index (χ1) is 9.70. The van der Waals surface area contributed by atoms with E-state index in [2.05, 4.69) is 73.6 Å². The highest BCUT2D eigenvalue weighted by Gasteiger charge is 1.93. The van der Waals surface area contributed by atoms with Crippen LogP contribution < -0.4 is 0 Å². The quantitative estimate of drug-likeness (QED) is 0.607. The summed E-state index contributed by atoms with van der Waals surface area (Å²) in [6, 6.07) is 18.8. The number of benzene rings is 2. The monoisotopic (exact) mass is 281 g/mol. The van der Waals surface area contributed by atoms with E-state index in [0.29, 0.717) is 5.75 Å². The number of hydrogen-bond donors (Lipinski definition) is 2. The molecule has 20 heavy (non-hydrogen) atoms. The molecule has 102 valence electrons. The van der Waals surface area contributed by atoms with Crippen LogP contribution in [-0.2, 0) is 0 Å². The van der Waals surface area contributed by atoms with Gasteiger partial charge in [0.1, 0.15) is 0 Å². The first-order valence-electron chi connectivity index (χ1n) is 6.58. The van der Waals surface area contributed by atoms with E-state index >= 15 is 0 Å². The van der Waals surface area contributed by atoms with Crippen LogP contribution in [0.2, 0.25) is 0 Å². The van der Waals surface area contributed by atoms with Gasteiger partial charge in [-0.05, 0) is 35.4 Å². The molecule has 2 heteroatoms. The van der Waals surface area contributed by atoms with Crippen LogP contribution in [0.5, 0.6) is 0 Å². The second-order valence-electron chi connectivity index (χ2n) is 4.70. The van der Waals surface area contributed by atoms with Gasteiger partial charge in [0, 0.05) is 17.6 Å². The smallest absolute Gasteiger partial charge is 0.0415 e. The Morgan fingerprint density at radius 1 is 1.05 bits per heavy atom. The molecule has 1 heterocycles. The van der Waals surface area contributed by atoms with Crippen molar-refractivity contribution in [3.05, 3.63) is 78.6 Å². The molecule has 0 fully saturated rings. The van der Waals surface area contributed by atoms with Crippen molar-refractivity contribution >= 4 is 29.0 Å². The molecule has 0 aliphatic carbocycles. The van der Waals surface area contributed by atoms with Crippen LogP contribution >= 0.6 is 12.6 Å². The Morgan fingerprint density at radius 2 is 1.80 bits per heavy atom. The number of hydrogen-bond acceptors (Lipinski definition) is 1. The summed E-state index contributed by atoms with van der Waals surface area (Å²) >= 11 is 4.08. The van der Waals surface area contributed by atoms with Crippen LogP contribution in [0, 0.1) is 6.92 Å². The zero-order valence-electron chi connectivity index (χ0n) is 11.6. The lowest BCUT2D eigenvalue weighted by atomic mass is 10.1. The van der Waals surface area contributed by atoms with Crippen LogP contribution in [0.25, 0.3) is 16.3 Å². The molecule has 0 aliphatic heterocycles. The highest BCUT2D eigenvalue weighted by molar-refractivity contribution is 7.80. The standard InChI is InChI=1S/C11H10.C7H9NS/c1-9-6-7-10-4-2-3-5-11(10)8-9;1-6(5-9)7-3-2-4-8-7/h2-8H,1H3;2-4,8-9H,1,5H2. The molecule has 3 aromatic rings. The molecule has 2 aromatic carbocycles. The van der Waals surface area contributed by atoms with Gasteiger partial charge in [-0.25, -0.2) is 0 Å². The summed E-state index contributed by atoms with van der Waals surface area (Å²) in [5.41, 5.74) is 3.43. The van der Waals surface area contributed by atoms with E-state index in [4.69, 9.17) is 0 Å². The zero-order chi connectivity index (χ0) is 14.4. The van der Waals surface area contributed by atoms with Crippen LogP contribution in [0.4, 0.5) is 0 Å². The van der Waals surface area contributed by atoms with Gasteiger partial charge in [-0.3, -0.25) is 0 Å². The van der Waals surface area contributed by atoms with Gasteiger partial charge in [0.2, 0.25) is 0 Å². The molecule has 0 spiro atoms. The van der Waals surface area contributed by atoms with E-state index in [9.17, 15) is 0 Å². The maximum Gasteiger partial charge on any atom is 0.0415 e. The predicted octanol–water partition coefficient (Wildman–Crippen LogP) is 5.11. The van der Waals surface area contributed by atoms with Gasteiger partial charge in [0.15, 0.2) is 0 Å². The summed E-state index contributed by atoms with van der Waals surface area (Å²) in [7, 11) is 0. The van der Waals surface area contributed by atoms with Crippen molar-refractivity contribution in [2.45, 2.75) is 6.92 Å². The fraction of sp³-hybridized carbons (Fsp3) is 0.111. The van der Waals surface area contributed by atoms with Crippen molar-refractivity contribution < 1.29 is 0 Å². The summed E-state index contributed by atoms with van der Waals surface area (Å²) in [6.07, 6.45) is 1.88. The third-order valence-electron chi connectivity index (χ3n) is 3.07. The minimum absolute atomic E-state index is 0.709. The molecule has 3 rings (SSSR count). The largest absolute Gasteiger partial charge is 0.361 e. The van der Waals surface area contributed by atoms with Crippen molar-refractivity contribution in [1.29, 1.82) is 0 Å². The molecule has 0 saturated heterocycles. The summed E-state index contributed by atoms with van der Waals surface area (Å²) in [5, 5.41) is 2.64. The zero-order valence-corrected chi connectivity index (χ0v) is 12.5. The first-order valence-corrected chi connectivity index (χ1v) is 7.22. The fourth-order valence-corrected chi connectivity index (χ4v) is 2.11. The molecule has 1 nitrogen and oxygen atoms in total. The summed E-state index contributed by atoms with van der Waals surface area (Å²) in [4.78, 5) is 3.04. The average Bonchev–Trinajstić information content (AvgIpc) is 3.01. The Labute approximate surface area is 125 Å². The minimum Gasteiger partial charge on any atom is -0.361 e. The third-order valence-corrected chi connectivity index (χ3v) is 3.46. The Bertz CT molecular complexity index is 683. The average molecular weight is 281 g/mol. The van der Waals surface area contributed by atoms with Gasteiger partial charge in [0.05, 0.1) is 0 Å². The van der Waals surface area contributed by atoms with Crippen molar-refractivity contribution in [2.24, 2.45) is 0 Å². The number of thiol groups is 1. The molecule has 0 atom stereocenters. The van der Waals surface area contributed by atoms with Gasteiger partial charge >= 0.3 is 0 Å². The molecule has 0 saturated carbocycles. The van der Waals surface area contributed by atoms with E-state index in [1.54, 1.807) is 0 Å². The topological polar surface area (TPSA) is 15.8 Å². The maximum atomic E-state index is 4.08. The number of aromatic nitrogens is 1. The second kappa shape index (κ2) is 7.01. The van der Waals surface area contributed by atoms with E-state index in [1.165, 1.54) is 16.3 Å². The Balaban J connectivity index is 0.000000151. The molecule has 0 amide bonds. The summed E-state index contributed by atoms with van der Waals surface area (Å²) in [5.74, 6) is 0.709. The van der Waals surface area contributed by atoms with E-state index in [0.717, 1.165) is 11.3 Å². The lowest BCUT2D eigenvalue weighted by Gasteiger charge is -1.96. The normalized spacial score (nSPS) is 9.90. The number of rotatable bonds is 2. The Morgan fingerprint density at radius 3 is 2.45 bits per heavy atom. The SMILES string of the molecule is C=C(CS)c1ccc[nH]1.Cc1ccc2ccccc2c1. The van der Waals surface area contributed by atoms with Crippen molar-refractivity contribution in [1.82, 2.24) is 4.98 Å². The number of fused-ring (bicyclic) bond motifs is 1. The summed E-state index contributed by atoms with van der Waals surface area (Å²) < 4.78 is 0.